The quantitative estimate of drug-likeness (QED) is 0.327. The summed E-state index contributed by atoms with van der Waals surface area (Å²) >= 11 is 11.9. The van der Waals surface area contributed by atoms with Crippen LogP contribution in [0.25, 0.3) is 5.76 Å². The zero-order chi connectivity index (χ0) is 22.3. The van der Waals surface area contributed by atoms with Crippen molar-refractivity contribution in [3.05, 3.63) is 99.3 Å². The molecule has 5 nitrogen and oxygen atoms in total. The number of anilines is 1. The Labute approximate surface area is 185 Å². The summed E-state index contributed by atoms with van der Waals surface area (Å²) in [7, 11) is 0. The molecule has 0 radical (unpaired) electrons. The van der Waals surface area contributed by atoms with Crippen molar-refractivity contribution < 1.29 is 23.5 Å². The molecule has 2 aromatic carbocycles. The SMILES string of the molecule is O=C1C(=O)N(c2ccc(F)cc2F)C(c2ccccn2)/C1=C(\O)c1ccc(Cl)c(Cl)c1. The van der Waals surface area contributed by atoms with Crippen LogP contribution in [0.4, 0.5) is 14.5 Å². The minimum Gasteiger partial charge on any atom is -0.507 e. The summed E-state index contributed by atoms with van der Waals surface area (Å²) in [6.45, 7) is 0. The molecule has 156 valence electrons. The molecule has 1 N–H and O–H groups in total. The second-order valence-electron chi connectivity index (χ2n) is 6.65. The van der Waals surface area contributed by atoms with Crippen molar-refractivity contribution in [2.45, 2.75) is 6.04 Å². The number of rotatable bonds is 3. The highest BCUT2D eigenvalue weighted by atomic mass is 35.5. The van der Waals surface area contributed by atoms with Gasteiger partial charge in [0.25, 0.3) is 11.7 Å². The summed E-state index contributed by atoms with van der Waals surface area (Å²) in [5, 5.41) is 11.3. The van der Waals surface area contributed by atoms with Gasteiger partial charge >= 0.3 is 0 Å². The molecule has 9 heteroatoms. The molecule has 1 aliphatic heterocycles. The summed E-state index contributed by atoms with van der Waals surface area (Å²) < 4.78 is 28.0. The molecule has 0 saturated carbocycles. The van der Waals surface area contributed by atoms with E-state index in [0.717, 1.165) is 17.0 Å². The highest BCUT2D eigenvalue weighted by Gasteiger charge is 2.48. The third kappa shape index (κ3) is 3.66. The third-order valence-electron chi connectivity index (χ3n) is 4.77. The van der Waals surface area contributed by atoms with Gasteiger partial charge in [0.2, 0.25) is 0 Å². The highest BCUT2D eigenvalue weighted by Crippen LogP contribution is 2.42. The van der Waals surface area contributed by atoms with E-state index < -0.39 is 35.1 Å². The first-order valence-electron chi connectivity index (χ1n) is 8.92. The van der Waals surface area contributed by atoms with E-state index in [4.69, 9.17) is 23.2 Å². The highest BCUT2D eigenvalue weighted by molar-refractivity contribution is 6.51. The molecule has 4 rings (SSSR count). The Hall–Kier alpha value is -3.29. The first-order valence-corrected chi connectivity index (χ1v) is 9.67. The van der Waals surface area contributed by atoms with E-state index in [2.05, 4.69) is 4.98 Å². The maximum absolute atomic E-state index is 14.6. The Morgan fingerprint density at radius 2 is 1.77 bits per heavy atom. The molecule has 3 aromatic rings. The minimum atomic E-state index is -1.25. The first-order chi connectivity index (χ1) is 14.8. The predicted molar refractivity (Wildman–Crippen MR) is 112 cm³/mol. The molecule has 1 fully saturated rings. The van der Waals surface area contributed by atoms with Crippen LogP contribution < -0.4 is 4.90 Å². The van der Waals surface area contributed by atoms with Gasteiger partial charge in [0, 0.05) is 17.8 Å². The summed E-state index contributed by atoms with van der Waals surface area (Å²) in [5.74, 6) is -4.57. The Balaban J connectivity index is 1.97. The molecule has 1 aliphatic rings. The number of amides is 1. The maximum atomic E-state index is 14.6. The number of hydrogen-bond acceptors (Lipinski definition) is 4. The minimum absolute atomic E-state index is 0.124. The number of benzene rings is 2. The fraction of sp³-hybridized carbons (Fsp3) is 0.0455. The number of halogens is 4. The molecule has 2 heterocycles. The summed E-state index contributed by atoms with van der Waals surface area (Å²) in [6.07, 6.45) is 1.43. The molecular formula is C22H12Cl2F2N2O3. The lowest BCUT2D eigenvalue weighted by molar-refractivity contribution is -0.132. The molecular weight excluding hydrogens is 449 g/mol. The lowest BCUT2D eigenvalue weighted by atomic mass is 9.98. The normalized spacial score (nSPS) is 17.9. The van der Waals surface area contributed by atoms with Crippen LogP contribution in [0.15, 0.2) is 66.4 Å². The van der Waals surface area contributed by atoms with Gasteiger partial charge in [-0.1, -0.05) is 29.3 Å². The van der Waals surface area contributed by atoms with Gasteiger partial charge in [-0.05, 0) is 42.5 Å². The second kappa shape index (κ2) is 8.09. The average Bonchev–Trinajstić information content (AvgIpc) is 3.01. The fourth-order valence-electron chi connectivity index (χ4n) is 3.37. The number of aliphatic hydroxyl groups excluding tert-OH is 1. The van der Waals surface area contributed by atoms with Gasteiger partial charge < -0.3 is 5.11 Å². The number of ketones is 1. The number of carbonyl (C=O) groups excluding carboxylic acids is 2. The smallest absolute Gasteiger partial charge is 0.300 e. The largest absolute Gasteiger partial charge is 0.507 e. The Morgan fingerprint density at radius 1 is 1.00 bits per heavy atom. The molecule has 1 saturated heterocycles. The van der Waals surface area contributed by atoms with E-state index in [-0.39, 0.29) is 32.6 Å². The van der Waals surface area contributed by atoms with Gasteiger partial charge in [-0.3, -0.25) is 19.5 Å². The molecule has 1 amide bonds. The molecule has 1 aromatic heterocycles. The van der Waals surface area contributed by atoms with Crippen molar-refractivity contribution in [2.75, 3.05) is 4.90 Å². The van der Waals surface area contributed by atoms with Crippen LogP contribution in [-0.2, 0) is 9.59 Å². The topological polar surface area (TPSA) is 70.5 Å². The van der Waals surface area contributed by atoms with E-state index in [9.17, 15) is 23.5 Å². The van der Waals surface area contributed by atoms with Gasteiger partial charge in [-0.15, -0.1) is 0 Å². The van der Waals surface area contributed by atoms with Crippen LogP contribution in [0.5, 0.6) is 0 Å². The molecule has 0 aliphatic carbocycles. The Bertz CT molecular complexity index is 1250. The van der Waals surface area contributed by atoms with Crippen LogP contribution in [-0.4, -0.2) is 21.8 Å². The first kappa shape index (κ1) is 21.0. The van der Waals surface area contributed by atoms with Crippen molar-refractivity contribution in [3.63, 3.8) is 0 Å². The lowest BCUT2D eigenvalue weighted by Crippen LogP contribution is -2.30. The second-order valence-corrected chi connectivity index (χ2v) is 7.46. The van der Waals surface area contributed by atoms with Crippen molar-refractivity contribution in [1.82, 2.24) is 4.98 Å². The monoisotopic (exact) mass is 460 g/mol. The van der Waals surface area contributed by atoms with Crippen LogP contribution in [0.3, 0.4) is 0 Å². The predicted octanol–water partition coefficient (Wildman–Crippen LogP) is 5.29. The van der Waals surface area contributed by atoms with Crippen molar-refractivity contribution in [2.24, 2.45) is 0 Å². The lowest BCUT2D eigenvalue weighted by Gasteiger charge is -2.25. The molecule has 0 bridgehead atoms. The van der Waals surface area contributed by atoms with E-state index in [1.54, 1.807) is 12.1 Å². The number of Topliss-reactive ketones (excluding diaryl/α,β-unsaturated/α-hetero) is 1. The number of hydrogen-bond donors (Lipinski definition) is 1. The van der Waals surface area contributed by atoms with Gasteiger partial charge in [-0.2, -0.15) is 0 Å². The average molecular weight is 461 g/mol. The van der Waals surface area contributed by atoms with E-state index >= 15 is 0 Å². The number of pyridine rings is 1. The molecule has 0 spiro atoms. The van der Waals surface area contributed by atoms with E-state index in [1.807, 2.05) is 0 Å². The van der Waals surface area contributed by atoms with Gasteiger partial charge in [-0.25, -0.2) is 8.78 Å². The van der Waals surface area contributed by atoms with Crippen molar-refractivity contribution in [3.8, 4) is 0 Å². The van der Waals surface area contributed by atoms with E-state index in [1.165, 1.54) is 30.5 Å². The van der Waals surface area contributed by atoms with Crippen LogP contribution in [0, 0.1) is 11.6 Å². The zero-order valence-electron chi connectivity index (χ0n) is 15.5. The molecule has 1 atom stereocenters. The standard InChI is InChI=1S/C22H12Cl2F2N2O3/c23-13-6-4-11(9-14(13)24)20(29)18-19(16-3-1-2-8-27-16)28(22(31)21(18)30)17-7-5-12(25)10-15(17)26/h1-10,19,29H/b20-18+. The van der Waals surface area contributed by atoms with Crippen LogP contribution in [0.1, 0.15) is 17.3 Å². The van der Waals surface area contributed by atoms with Gasteiger partial charge in [0.1, 0.15) is 23.4 Å². The maximum Gasteiger partial charge on any atom is 0.300 e. The van der Waals surface area contributed by atoms with Crippen LogP contribution in [0.2, 0.25) is 10.0 Å². The van der Waals surface area contributed by atoms with Crippen molar-refractivity contribution in [1.29, 1.82) is 0 Å². The Morgan fingerprint density at radius 3 is 2.42 bits per heavy atom. The summed E-state index contributed by atoms with van der Waals surface area (Å²) in [5.41, 5.74) is -0.307. The summed E-state index contributed by atoms with van der Waals surface area (Å²) in [6, 6.07) is 10.3. The van der Waals surface area contributed by atoms with Gasteiger partial charge in [0.05, 0.1) is 27.0 Å². The summed E-state index contributed by atoms with van der Waals surface area (Å²) in [4.78, 5) is 30.8. The Kier molecular flexibility index (Phi) is 5.47. The van der Waals surface area contributed by atoms with Crippen molar-refractivity contribution >= 4 is 46.3 Å². The molecule has 31 heavy (non-hydrogen) atoms. The van der Waals surface area contributed by atoms with E-state index in [0.29, 0.717) is 6.07 Å². The number of aliphatic hydroxyl groups is 1. The zero-order valence-corrected chi connectivity index (χ0v) is 17.0. The van der Waals surface area contributed by atoms with Crippen LogP contribution >= 0.6 is 23.2 Å². The molecule has 1 unspecified atom stereocenters. The number of aromatic nitrogens is 1. The fourth-order valence-corrected chi connectivity index (χ4v) is 3.67. The number of nitrogens with zero attached hydrogens (tertiary/aromatic N) is 2. The number of carbonyl (C=O) groups is 2. The third-order valence-corrected chi connectivity index (χ3v) is 5.51. The van der Waals surface area contributed by atoms with Gasteiger partial charge in [0.15, 0.2) is 0 Å².